The van der Waals surface area contributed by atoms with Crippen LogP contribution < -0.4 is 5.73 Å². The maximum Gasteiger partial charge on any atom is 0.255 e. The number of carbonyl (C=O) groups excluding carboxylic acids is 1. The fourth-order valence-corrected chi connectivity index (χ4v) is 3.08. The summed E-state index contributed by atoms with van der Waals surface area (Å²) in [6.45, 7) is 2.35. The molecule has 0 atom stereocenters. The molecule has 1 aromatic carbocycles. The summed E-state index contributed by atoms with van der Waals surface area (Å²) in [5, 5.41) is 0.588. The molecule has 0 spiro atoms. The highest BCUT2D eigenvalue weighted by Crippen LogP contribution is 2.26. The first-order valence-electron chi connectivity index (χ1n) is 6.56. The summed E-state index contributed by atoms with van der Waals surface area (Å²) >= 11 is 9.37. The Hall–Kier alpha value is -0.580. The van der Waals surface area contributed by atoms with Gasteiger partial charge in [0, 0.05) is 22.6 Å². The van der Waals surface area contributed by atoms with Crippen LogP contribution in [0.2, 0.25) is 5.02 Å². The quantitative estimate of drug-likeness (QED) is 0.913. The van der Waals surface area contributed by atoms with Gasteiger partial charge in [0.25, 0.3) is 5.91 Å². The lowest BCUT2D eigenvalue weighted by Crippen LogP contribution is -2.39. The van der Waals surface area contributed by atoms with Crippen molar-refractivity contribution in [2.75, 3.05) is 19.6 Å². The summed E-state index contributed by atoms with van der Waals surface area (Å²) in [5.41, 5.74) is 6.22. The molecule has 104 valence electrons. The second-order valence-electron chi connectivity index (χ2n) is 4.94. The normalized spacial score (nSPS) is 16.7. The van der Waals surface area contributed by atoms with E-state index in [9.17, 15) is 4.79 Å². The van der Waals surface area contributed by atoms with Gasteiger partial charge in [-0.25, -0.2) is 0 Å². The first-order valence-corrected chi connectivity index (χ1v) is 7.73. The van der Waals surface area contributed by atoms with Gasteiger partial charge in [-0.2, -0.15) is 0 Å². The Labute approximate surface area is 127 Å². The zero-order valence-electron chi connectivity index (χ0n) is 10.7. The third kappa shape index (κ3) is 3.71. The molecule has 0 radical (unpaired) electrons. The van der Waals surface area contributed by atoms with Crippen molar-refractivity contribution in [3.05, 3.63) is 33.3 Å². The molecule has 2 N–H and O–H groups in total. The molecule has 1 aromatic rings. The summed E-state index contributed by atoms with van der Waals surface area (Å²) in [6, 6.07) is 5.31. The predicted octanol–water partition coefficient (Wildman–Crippen LogP) is 3.30. The molecule has 0 aromatic heterocycles. The lowest BCUT2D eigenvalue weighted by Gasteiger charge is -2.32. The molecule has 1 heterocycles. The van der Waals surface area contributed by atoms with Crippen LogP contribution >= 0.6 is 27.5 Å². The lowest BCUT2D eigenvalue weighted by molar-refractivity contribution is 0.0687. The number of nitrogens with zero attached hydrogens (tertiary/aromatic N) is 1. The smallest absolute Gasteiger partial charge is 0.255 e. The van der Waals surface area contributed by atoms with Crippen LogP contribution in [0.3, 0.4) is 0 Å². The average molecular weight is 346 g/mol. The number of likely N-dealkylation sites (tertiary alicyclic amines) is 1. The number of piperidine rings is 1. The molecule has 1 fully saturated rings. The van der Waals surface area contributed by atoms with Crippen molar-refractivity contribution in [2.45, 2.75) is 19.3 Å². The minimum Gasteiger partial charge on any atom is -0.339 e. The van der Waals surface area contributed by atoms with E-state index < -0.39 is 0 Å². The monoisotopic (exact) mass is 344 g/mol. The van der Waals surface area contributed by atoms with E-state index >= 15 is 0 Å². The molecule has 0 aliphatic carbocycles. The fraction of sp³-hybridized carbons (Fsp3) is 0.500. The Kier molecular flexibility index (Phi) is 5.25. The fourth-order valence-electron chi connectivity index (χ4n) is 2.49. The molecule has 0 saturated carbocycles. The maximum absolute atomic E-state index is 12.4. The number of hydrogen-bond donors (Lipinski definition) is 1. The van der Waals surface area contributed by atoms with E-state index in [1.165, 1.54) is 0 Å². The number of nitrogens with two attached hydrogens (primary N) is 1. The predicted molar refractivity (Wildman–Crippen MR) is 81.5 cm³/mol. The van der Waals surface area contributed by atoms with Gasteiger partial charge < -0.3 is 10.6 Å². The highest BCUT2D eigenvalue weighted by Gasteiger charge is 2.24. The maximum atomic E-state index is 12.4. The van der Waals surface area contributed by atoms with E-state index in [-0.39, 0.29) is 5.91 Å². The number of halogens is 2. The molecular weight excluding hydrogens is 328 g/mol. The summed E-state index contributed by atoms with van der Waals surface area (Å²) in [4.78, 5) is 14.4. The molecule has 19 heavy (non-hydrogen) atoms. The van der Waals surface area contributed by atoms with E-state index in [1.807, 2.05) is 11.0 Å². The van der Waals surface area contributed by atoms with Gasteiger partial charge in [0.15, 0.2) is 0 Å². The SMILES string of the molecule is NCCC1CCN(C(=O)c2cc(Cl)ccc2Br)CC1. The first kappa shape index (κ1) is 14.8. The standard InChI is InChI=1S/C14H18BrClN2O/c15-13-2-1-11(16)9-12(13)14(19)18-7-4-10(3-6-17)5-8-18/h1-2,9-10H,3-8,17H2. The van der Waals surface area contributed by atoms with Gasteiger partial charge in [-0.3, -0.25) is 4.79 Å². The van der Waals surface area contributed by atoms with Crippen LogP contribution in [-0.4, -0.2) is 30.4 Å². The van der Waals surface area contributed by atoms with Crippen molar-refractivity contribution in [1.29, 1.82) is 0 Å². The zero-order chi connectivity index (χ0) is 13.8. The number of benzene rings is 1. The summed E-state index contributed by atoms with van der Waals surface area (Å²) < 4.78 is 0.797. The van der Waals surface area contributed by atoms with E-state index in [2.05, 4.69) is 15.9 Å². The average Bonchev–Trinajstić information content (AvgIpc) is 2.42. The Bertz CT molecular complexity index is 459. The van der Waals surface area contributed by atoms with E-state index in [4.69, 9.17) is 17.3 Å². The molecule has 3 nitrogen and oxygen atoms in total. The van der Waals surface area contributed by atoms with Crippen molar-refractivity contribution in [3.8, 4) is 0 Å². The van der Waals surface area contributed by atoms with Crippen molar-refractivity contribution in [3.63, 3.8) is 0 Å². The van der Waals surface area contributed by atoms with Crippen molar-refractivity contribution in [1.82, 2.24) is 4.90 Å². The molecule has 1 amide bonds. The van der Waals surface area contributed by atoms with Crippen LogP contribution in [0.15, 0.2) is 22.7 Å². The van der Waals surface area contributed by atoms with Gasteiger partial charge >= 0.3 is 0 Å². The molecular formula is C14H18BrClN2O. The van der Waals surface area contributed by atoms with E-state index in [0.29, 0.717) is 16.5 Å². The number of rotatable bonds is 3. The van der Waals surface area contributed by atoms with Crippen molar-refractivity contribution < 1.29 is 4.79 Å². The largest absolute Gasteiger partial charge is 0.339 e. The van der Waals surface area contributed by atoms with Crippen molar-refractivity contribution in [2.24, 2.45) is 11.7 Å². The van der Waals surface area contributed by atoms with Gasteiger partial charge in [-0.15, -0.1) is 0 Å². The summed E-state index contributed by atoms with van der Waals surface area (Å²) in [6.07, 6.45) is 3.14. The molecule has 1 aliphatic heterocycles. The molecule has 5 heteroatoms. The second-order valence-corrected chi connectivity index (χ2v) is 6.23. The minimum atomic E-state index is 0.0561. The van der Waals surface area contributed by atoms with Gasteiger partial charge in [-0.05, 0) is 65.9 Å². The van der Waals surface area contributed by atoms with Crippen LogP contribution in [0.4, 0.5) is 0 Å². The molecule has 1 saturated heterocycles. The van der Waals surface area contributed by atoms with Crippen LogP contribution in [-0.2, 0) is 0 Å². The Balaban J connectivity index is 2.03. The Morgan fingerprint density at radius 1 is 1.42 bits per heavy atom. The third-order valence-electron chi connectivity index (χ3n) is 3.64. The zero-order valence-corrected chi connectivity index (χ0v) is 13.1. The molecule has 0 unspecified atom stereocenters. The molecule has 2 rings (SSSR count). The van der Waals surface area contributed by atoms with E-state index in [1.54, 1.807) is 12.1 Å². The highest BCUT2D eigenvalue weighted by molar-refractivity contribution is 9.10. The van der Waals surface area contributed by atoms with Gasteiger partial charge in [0.2, 0.25) is 0 Å². The van der Waals surface area contributed by atoms with Crippen LogP contribution in [0, 0.1) is 5.92 Å². The number of amides is 1. The van der Waals surface area contributed by atoms with Gasteiger partial charge in [0.1, 0.15) is 0 Å². The summed E-state index contributed by atoms with van der Waals surface area (Å²) in [5.74, 6) is 0.720. The molecule has 0 bridgehead atoms. The lowest BCUT2D eigenvalue weighted by atomic mass is 9.93. The Morgan fingerprint density at radius 3 is 2.74 bits per heavy atom. The van der Waals surface area contributed by atoms with E-state index in [0.717, 1.165) is 43.4 Å². The van der Waals surface area contributed by atoms with Crippen molar-refractivity contribution >= 4 is 33.4 Å². The Morgan fingerprint density at radius 2 is 2.11 bits per heavy atom. The summed E-state index contributed by atoms with van der Waals surface area (Å²) in [7, 11) is 0. The van der Waals surface area contributed by atoms with Crippen LogP contribution in [0.25, 0.3) is 0 Å². The second kappa shape index (κ2) is 6.73. The van der Waals surface area contributed by atoms with Crippen LogP contribution in [0.1, 0.15) is 29.6 Å². The topological polar surface area (TPSA) is 46.3 Å². The van der Waals surface area contributed by atoms with Gasteiger partial charge in [0.05, 0.1) is 5.56 Å². The highest BCUT2D eigenvalue weighted by atomic mass is 79.9. The van der Waals surface area contributed by atoms with Crippen LogP contribution in [0.5, 0.6) is 0 Å². The first-order chi connectivity index (χ1) is 9.11. The number of hydrogen-bond acceptors (Lipinski definition) is 2. The van der Waals surface area contributed by atoms with Gasteiger partial charge in [-0.1, -0.05) is 11.6 Å². The third-order valence-corrected chi connectivity index (χ3v) is 4.56. The minimum absolute atomic E-state index is 0.0561. The number of carbonyl (C=O) groups is 1. The molecule has 1 aliphatic rings.